The van der Waals surface area contributed by atoms with Crippen LogP contribution in [0, 0.1) is 0 Å². The molecule has 0 unspecified atom stereocenters. The molecular weight excluding hydrogens is 342 g/mol. The number of rotatable bonds is 9. The van der Waals surface area contributed by atoms with Gasteiger partial charge in [-0.3, -0.25) is 4.57 Å². The second-order valence-corrected chi connectivity index (χ2v) is 10.4. The third kappa shape index (κ3) is 4.68. The van der Waals surface area contributed by atoms with Crippen LogP contribution in [-0.2, 0) is 18.2 Å². The molecule has 2 rings (SSSR count). The molecule has 130 valence electrons. The average Bonchev–Trinajstić information content (AvgIpc) is 2.62. The van der Waals surface area contributed by atoms with Crippen molar-refractivity contribution in [3.05, 3.63) is 60.7 Å². The smallest absolute Gasteiger partial charge is 0.314 e. The fourth-order valence-corrected chi connectivity index (χ4v) is 7.92. The van der Waals surface area contributed by atoms with E-state index in [-0.39, 0.29) is 12.3 Å². The molecular formula is C18H24O4P2. The van der Waals surface area contributed by atoms with Gasteiger partial charge >= 0.3 is 7.60 Å². The highest BCUT2D eigenvalue weighted by Gasteiger charge is 2.32. The van der Waals surface area contributed by atoms with Crippen LogP contribution in [0.1, 0.15) is 13.8 Å². The van der Waals surface area contributed by atoms with Crippen LogP contribution in [-0.4, -0.2) is 25.5 Å². The van der Waals surface area contributed by atoms with Gasteiger partial charge < -0.3 is 13.6 Å². The lowest BCUT2D eigenvalue weighted by molar-refractivity contribution is 0.221. The Labute approximate surface area is 144 Å². The van der Waals surface area contributed by atoms with E-state index in [9.17, 15) is 9.13 Å². The van der Waals surface area contributed by atoms with Gasteiger partial charge in [0.05, 0.1) is 19.4 Å². The van der Waals surface area contributed by atoms with Crippen LogP contribution in [0.2, 0.25) is 0 Å². The van der Waals surface area contributed by atoms with Crippen LogP contribution >= 0.6 is 14.7 Å². The molecule has 2 aromatic rings. The zero-order valence-electron chi connectivity index (χ0n) is 14.1. The van der Waals surface area contributed by atoms with Crippen molar-refractivity contribution in [1.82, 2.24) is 0 Å². The minimum Gasteiger partial charge on any atom is -0.314 e. The monoisotopic (exact) mass is 366 g/mol. The molecule has 0 heterocycles. The quantitative estimate of drug-likeness (QED) is 0.622. The zero-order valence-corrected chi connectivity index (χ0v) is 15.9. The van der Waals surface area contributed by atoms with Gasteiger partial charge in [-0.25, -0.2) is 0 Å². The molecule has 0 spiro atoms. The van der Waals surface area contributed by atoms with Crippen molar-refractivity contribution in [2.75, 3.05) is 25.5 Å². The summed E-state index contributed by atoms with van der Waals surface area (Å²) >= 11 is 0. The van der Waals surface area contributed by atoms with Gasteiger partial charge in [0.25, 0.3) is 0 Å². The van der Waals surface area contributed by atoms with Crippen LogP contribution in [0.25, 0.3) is 0 Å². The van der Waals surface area contributed by atoms with Crippen molar-refractivity contribution in [1.29, 1.82) is 0 Å². The van der Waals surface area contributed by atoms with Crippen LogP contribution in [0.15, 0.2) is 60.7 Å². The van der Waals surface area contributed by atoms with Crippen LogP contribution in [0.3, 0.4) is 0 Å². The summed E-state index contributed by atoms with van der Waals surface area (Å²) in [6.07, 6.45) is 0.383. The van der Waals surface area contributed by atoms with Crippen molar-refractivity contribution in [2.24, 2.45) is 0 Å². The van der Waals surface area contributed by atoms with Gasteiger partial charge in [0.2, 0.25) is 0 Å². The molecule has 0 fully saturated rings. The maximum Gasteiger partial charge on any atom is 0.331 e. The summed E-state index contributed by atoms with van der Waals surface area (Å²) in [5.74, 6) is 0. The molecule has 6 heteroatoms. The molecule has 0 aliphatic carbocycles. The van der Waals surface area contributed by atoms with Crippen LogP contribution in [0.5, 0.6) is 0 Å². The molecule has 0 radical (unpaired) electrons. The molecule has 24 heavy (non-hydrogen) atoms. The van der Waals surface area contributed by atoms with E-state index in [1.807, 2.05) is 60.7 Å². The van der Waals surface area contributed by atoms with Gasteiger partial charge in [-0.1, -0.05) is 60.7 Å². The molecule has 0 bridgehead atoms. The van der Waals surface area contributed by atoms with Gasteiger partial charge in [0.1, 0.15) is 7.14 Å². The first-order valence-electron chi connectivity index (χ1n) is 8.12. The molecule has 0 saturated carbocycles. The van der Waals surface area contributed by atoms with E-state index in [0.717, 1.165) is 10.6 Å². The largest absolute Gasteiger partial charge is 0.331 e. The summed E-state index contributed by atoms with van der Waals surface area (Å²) in [5, 5.41) is 1.52. The molecule has 0 N–H and O–H groups in total. The van der Waals surface area contributed by atoms with Gasteiger partial charge in [-0.15, -0.1) is 0 Å². The lowest BCUT2D eigenvalue weighted by Gasteiger charge is -2.22. The summed E-state index contributed by atoms with van der Waals surface area (Å²) in [7, 11) is -6.13. The summed E-state index contributed by atoms with van der Waals surface area (Å²) in [5.41, 5.74) is 0. The molecule has 0 saturated heterocycles. The molecule has 4 nitrogen and oxygen atoms in total. The summed E-state index contributed by atoms with van der Waals surface area (Å²) < 4.78 is 37.3. The highest BCUT2D eigenvalue weighted by Crippen LogP contribution is 2.53. The van der Waals surface area contributed by atoms with Crippen molar-refractivity contribution in [3.63, 3.8) is 0 Å². The average molecular weight is 366 g/mol. The minimum atomic E-state index is -3.23. The first-order chi connectivity index (χ1) is 11.5. The van der Waals surface area contributed by atoms with Gasteiger partial charge in [0.15, 0.2) is 0 Å². The molecule has 0 aromatic heterocycles. The van der Waals surface area contributed by atoms with E-state index in [1.165, 1.54) is 0 Å². The fourth-order valence-electron chi connectivity index (χ4n) is 2.57. The standard InChI is InChI=1S/C18H24O4P2/c1-3-21-24(20,22-4-2)16-15-23(19,17-11-7-5-8-12-17)18-13-9-6-10-14-18/h5-14H,3-4,15-16H2,1-2H3. The highest BCUT2D eigenvalue weighted by molar-refractivity contribution is 7.79. The Balaban J connectivity index is 2.35. The predicted octanol–water partition coefficient (Wildman–Crippen LogP) is 4.27. The van der Waals surface area contributed by atoms with E-state index in [2.05, 4.69) is 0 Å². The molecule has 0 aliphatic heterocycles. The summed E-state index contributed by atoms with van der Waals surface area (Å²) in [6, 6.07) is 18.7. The second-order valence-electron chi connectivity index (χ2n) is 5.30. The first-order valence-corrected chi connectivity index (χ1v) is 11.7. The molecule has 0 aliphatic rings. The number of hydrogen-bond acceptors (Lipinski definition) is 4. The summed E-state index contributed by atoms with van der Waals surface area (Å²) in [4.78, 5) is 0. The Hall–Kier alpha value is -1.18. The molecule has 2 aromatic carbocycles. The Morgan fingerprint density at radius 1 is 0.708 bits per heavy atom. The third-order valence-electron chi connectivity index (χ3n) is 3.69. The predicted molar refractivity (Wildman–Crippen MR) is 100 cm³/mol. The maximum atomic E-state index is 13.8. The normalized spacial score (nSPS) is 12.2. The van der Waals surface area contributed by atoms with E-state index in [4.69, 9.17) is 9.05 Å². The lowest BCUT2D eigenvalue weighted by atomic mass is 10.4. The van der Waals surface area contributed by atoms with Crippen LogP contribution in [0.4, 0.5) is 0 Å². The van der Waals surface area contributed by atoms with Gasteiger partial charge in [-0.2, -0.15) is 0 Å². The van der Waals surface area contributed by atoms with Crippen molar-refractivity contribution in [2.45, 2.75) is 13.8 Å². The minimum absolute atomic E-state index is 0.135. The highest BCUT2D eigenvalue weighted by atomic mass is 31.2. The lowest BCUT2D eigenvalue weighted by Crippen LogP contribution is -2.20. The van der Waals surface area contributed by atoms with E-state index >= 15 is 0 Å². The Morgan fingerprint density at radius 3 is 1.50 bits per heavy atom. The maximum absolute atomic E-state index is 13.8. The molecule has 0 atom stereocenters. The van der Waals surface area contributed by atoms with Crippen molar-refractivity contribution < 1.29 is 18.2 Å². The van der Waals surface area contributed by atoms with Crippen molar-refractivity contribution in [3.8, 4) is 0 Å². The Kier molecular flexibility index (Phi) is 7.01. The van der Waals surface area contributed by atoms with Crippen molar-refractivity contribution >= 4 is 25.3 Å². The SMILES string of the molecule is CCOP(=O)(CCP(=O)(c1ccccc1)c1ccccc1)OCC. The van der Waals surface area contributed by atoms with E-state index in [1.54, 1.807) is 13.8 Å². The fraction of sp³-hybridized carbons (Fsp3) is 0.333. The molecule has 0 amide bonds. The van der Waals surface area contributed by atoms with Gasteiger partial charge in [-0.05, 0) is 13.8 Å². The third-order valence-corrected chi connectivity index (χ3v) is 9.23. The van der Waals surface area contributed by atoms with Gasteiger partial charge in [0, 0.05) is 16.8 Å². The summed E-state index contributed by atoms with van der Waals surface area (Å²) in [6.45, 7) is 4.16. The zero-order chi connectivity index (χ0) is 17.5. The van der Waals surface area contributed by atoms with E-state index in [0.29, 0.717) is 13.2 Å². The number of benzene rings is 2. The van der Waals surface area contributed by atoms with E-state index < -0.39 is 14.7 Å². The Bertz CT molecular complexity index is 663. The first kappa shape index (κ1) is 19.1. The number of hydrogen-bond donors (Lipinski definition) is 0. The Morgan fingerprint density at radius 2 is 1.12 bits per heavy atom. The van der Waals surface area contributed by atoms with Crippen LogP contribution < -0.4 is 10.6 Å². The topological polar surface area (TPSA) is 52.6 Å². The second kappa shape index (κ2) is 8.78.